The van der Waals surface area contributed by atoms with E-state index in [1.807, 2.05) is 6.92 Å². The van der Waals surface area contributed by atoms with Crippen molar-refractivity contribution in [1.29, 1.82) is 0 Å². The molecule has 0 saturated heterocycles. The van der Waals surface area contributed by atoms with Crippen LogP contribution in [0.4, 0.5) is 0 Å². The van der Waals surface area contributed by atoms with E-state index in [9.17, 15) is 4.79 Å². The molecule has 5 unspecified atom stereocenters. The van der Waals surface area contributed by atoms with Gasteiger partial charge in [-0.25, -0.2) is 0 Å². The van der Waals surface area contributed by atoms with Crippen LogP contribution in [0.3, 0.4) is 0 Å². The molecule has 0 radical (unpaired) electrons. The van der Waals surface area contributed by atoms with E-state index in [0.29, 0.717) is 22.6 Å². The zero-order valence-corrected chi connectivity index (χ0v) is 14.8. The summed E-state index contributed by atoms with van der Waals surface area (Å²) in [6.07, 6.45) is 8.77. The van der Waals surface area contributed by atoms with Gasteiger partial charge in [-0.15, -0.1) is 0 Å². The molecule has 2 fully saturated rings. The molecule has 0 N–H and O–H groups in total. The lowest BCUT2D eigenvalue weighted by molar-refractivity contribution is -0.148. The van der Waals surface area contributed by atoms with Gasteiger partial charge in [-0.2, -0.15) is 0 Å². The Kier molecular flexibility index (Phi) is 6.59. The summed E-state index contributed by atoms with van der Waals surface area (Å²) in [6, 6.07) is 0. The van der Waals surface area contributed by atoms with Crippen molar-refractivity contribution >= 4 is 28.6 Å². The van der Waals surface area contributed by atoms with Gasteiger partial charge in [0.1, 0.15) is 0 Å². The number of carbonyl (C=O) groups is 1. The van der Waals surface area contributed by atoms with E-state index in [-0.39, 0.29) is 18.0 Å². The van der Waals surface area contributed by atoms with Crippen LogP contribution in [0.15, 0.2) is 0 Å². The highest BCUT2D eigenvalue weighted by atomic mass is 127. The number of halogens is 1. The Morgan fingerprint density at radius 3 is 2.60 bits per heavy atom. The number of hydrogen-bond donors (Lipinski definition) is 0. The van der Waals surface area contributed by atoms with Crippen LogP contribution in [0.5, 0.6) is 0 Å². The molecular formula is C16H27IO3. The van der Waals surface area contributed by atoms with Gasteiger partial charge in [-0.1, -0.05) is 48.8 Å². The monoisotopic (exact) mass is 394 g/mol. The molecule has 0 heterocycles. The van der Waals surface area contributed by atoms with Crippen molar-refractivity contribution in [1.82, 2.24) is 0 Å². The van der Waals surface area contributed by atoms with Gasteiger partial charge in [-0.3, -0.25) is 4.79 Å². The first-order valence-electron chi connectivity index (χ1n) is 8.11. The minimum atomic E-state index is -0.0315. The highest BCUT2D eigenvalue weighted by Gasteiger charge is 2.40. The Labute approximate surface area is 136 Å². The highest BCUT2D eigenvalue weighted by Crippen LogP contribution is 2.38. The lowest BCUT2D eigenvalue weighted by Gasteiger charge is -2.33. The predicted octanol–water partition coefficient (Wildman–Crippen LogP) is 4.12. The van der Waals surface area contributed by atoms with E-state index in [1.54, 1.807) is 0 Å². The molecule has 0 aromatic carbocycles. The van der Waals surface area contributed by atoms with Crippen LogP contribution >= 0.6 is 22.6 Å². The Morgan fingerprint density at radius 1 is 1.15 bits per heavy atom. The average Bonchev–Trinajstić information content (AvgIpc) is 2.81. The number of alkyl halides is 1. The van der Waals surface area contributed by atoms with E-state index in [1.165, 1.54) is 32.1 Å². The van der Waals surface area contributed by atoms with Crippen molar-refractivity contribution < 1.29 is 14.3 Å². The number of ether oxygens (including phenoxy) is 2. The first-order valence-corrected chi connectivity index (χ1v) is 9.36. The SMILES string of the molecule is CCOC(=O)C1CC(I)C(OC2CCCCC2CC)C1. The molecule has 0 aromatic rings. The van der Waals surface area contributed by atoms with Gasteiger partial charge in [0.05, 0.1) is 24.7 Å². The Hall–Kier alpha value is 0.160. The summed E-state index contributed by atoms with van der Waals surface area (Å²) in [5, 5.41) is 0. The van der Waals surface area contributed by atoms with Gasteiger partial charge in [-0.05, 0) is 38.5 Å². The largest absolute Gasteiger partial charge is 0.466 e. The van der Waals surface area contributed by atoms with Crippen LogP contribution in [-0.2, 0) is 14.3 Å². The molecule has 0 bridgehead atoms. The molecule has 0 spiro atoms. The van der Waals surface area contributed by atoms with Crippen LogP contribution in [0, 0.1) is 11.8 Å². The molecule has 2 rings (SSSR count). The topological polar surface area (TPSA) is 35.5 Å². The molecule has 116 valence electrons. The smallest absolute Gasteiger partial charge is 0.309 e. The van der Waals surface area contributed by atoms with Crippen molar-refractivity contribution in [2.75, 3.05) is 6.61 Å². The standard InChI is InChI=1S/C16H27IO3/c1-3-11-7-5-6-8-14(11)20-15-10-12(9-13(15)17)16(18)19-4-2/h11-15H,3-10H2,1-2H3. The van der Waals surface area contributed by atoms with Crippen LogP contribution in [0.2, 0.25) is 0 Å². The van der Waals surface area contributed by atoms with Crippen LogP contribution in [-0.4, -0.2) is 28.7 Å². The first kappa shape index (κ1) is 16.5. The van der Waals surface area contributed by atoms with Gasteiger partial charge < -0.3 is 9.47 Å². The molecule has 4 heteroatoms. The maximum absolute atomic E-state index is 11.9. The van der Waals surface area contributed by atoms with E-state index >= 15 is 0 Å². The highest BCUT2D eigenvalue weighted by molar-refractivity contribution is 14.1. The van der Waals surface area contributed by atoms with Crippen molar-refractivity contribution in [3.8, 4) is 0 Å². The van der Waals surface area contributed by atoms with Gasteiger partial charge in [0, 0.05) is 3.92 Å². The molecule has 2 saturated carbocycles. The van der Waals surface area contributed by atoms with Crippen LogP contribution in [0.25, 0.3) is 0 Å². The molecule has 2 aliphatic carbocycles. The number of rotatable bonds is 5. The van der Waals surface area contributed by atoms with Crippen LogP contribution < -0.4 is 0 Å². The zero-order chi connectivity index (χ0) is 14.5. The van der Waals surface area contributed by atoms with E-state index in [4.69, 9.17) is 9.47 Å². The van der Waals surface area contributed by atoms with Gasteiger partial charge >= 0.3 is 5.97 Å². The maximum atomic E-state index is 11.9. The zero-order valence-electron chi connectivity index (χ0n) is 12.6. The second kappa shape index (κ2) is 7.97. The Balaban J connectivity index is 1.87. The summed E-state index contributed by atoms with van der Waals surface area (Å²) < 4.78 is 12.0. The second-order valence-corrected chi connectivity index (χ2v) is 7.70. The number of carbonyl (C=O) groups excluding carboxylic acids is 1. The molecule has 20 heavy (non-hydrogen) atoms. The number of hydrogen-bond acceptors (Lipinski definition) is 3. The lowest BCUT2D eigenvalue weighted by Crippen LogP contribution is -2.33. The van der Waals surface area contributed by atoms with Gasteiger partial charge in [0.25, 0.3) is 0 Å². The molecular weight excluding hydrogens is 367 g/mol. The predicted molar refractivity (Wildman–Crippen MR) is 88.1 cm³/mol. The number of esters is 1. The summed E-state index contributed by atoms with van der Waals surface area (Å²) in [7, 11) is 0. The van der Waals surface area contributed by atoms with E-state index < -0.39 is 0 Å². The van der Waals surface area contributed by atoms with Crippen molar-refractivity contribution in [2.45, 2.75) is 74.9 Å². The quantitative estimate of drug-likeness (QED) is 0.400. The summed E-state index contributed by atoms with van der Waals surface area (Å²) in [5.74, 6) is 0.732. The summed E-state index contributed by atoms with van der Waals surface area (Å²) in [6.45, 7) is 4.62. The summed E-state index contributed by atoms with van der Waals surface area (Å²) in [5.41, 5.74) is 0. The fourth-order valence-electron chi connectivity index (χ4n) is 3.59. The molecule has 0 amide bonds. The van der Waals surface area contributed by atoms with Crippen molar-refractivity contribution in [3.05, 3.63) is 0 Å². The third-order valence-electron chi connectivity index (χ3n) is 4.76. The van der Waals surface area contributed by atoms with Crippen molar-refractivity contribution in [2.24, 2.45) is 11.8 Å². The lowest BCUT2D eigenvalue weighted by atomic mass is 9.84. The summed E-state index contributed by atoms with van der Waals surface area (Å²) >= 11 is 2.45. The minimum Gasteiger partial charge on any atom is -0.466 e. The third kappa shape index (κ3) is 4.09. The Bertz CT molecular complexity index is 321. The van der Waals surface area contributed by atoms with E-state index in [2.05, 4.69) is 29.5 Å². The second-order valence-electron chi connectivity index (χ2n) is 6.10. The normalized spacial score (nSPS) is 37.9. The fraction of sp³-hybridized carbons (Fsp3) is 0.938. The molecule has 0 aromatic heterocycles. The fourth-order valence-corrected chi connectivity index (χ4v) is 4.66. The van der Waals surface area contributed by atoms with Gasteiger partial charge in [0.2, 0.25) is 0 Å². The summed E-state index contributed by atoms with van der Waals surface area (Å²) in [4.78, 5) is 11.9. The maximum Gasteiger partial charge on any atom is 0.309 e. The first-order chi connectivity index (χ1) is 9.65. The third-order valence-corrected chi connectivity index (χ3v) is 6.07. The van der Waals surface area contributed by atoms with Gasteiger partial charge in [0.15, 0.2) is 0 Å². The van der Waals surface area contributed by atoms with Crippen molar-refractivity contribution in [3.63, 3.8) is 0 Å². The molecule has 5 atom stereocenters. The van der Waals surface area contributed by atoms with E-state index in [0.717, 1.165) is 12.8 Å². The van der Waals surface area contributed by atoms with Crippen LogP contribution in [0.1, 0.15) is 58.8 Å². The molecule has 2 aliphatic rings. The molecule has 0 aliphatic heterocycles. The minimum absolute atomic E-state index is 0.0315. The Morgan fingerprint density at radius 2 is 1.90 bits per heavy atom. The molecule has 3 nitrogen and oxygen atoms in total. The average molecular weight is 394 g/mol.